The van der Waals surface area contributed by atoms with E-state index in [0.717, 1.165) is 25.9 Å². The first-order valence-corrected chi connectivity index (χ1v) is 10.7. The first-order valence-electron chi connectivity index (χ1n) is 10.7. The summed E-state index contributed by atoms with van der Waals surface area (Å²) >= 11 is 0. The molecule has 1 aromatic heterocycles. The summed E-state index contributed by atoms with van der Waals surface area (Å²) in [7, 11) is 0. The Morgan fingerprint density at radius 1 is 1.10 bits per heavy atom. The van der Waals surface area contributed by atoms with Crippen LogP contribution in [0.15, 0.2) is 41.3 Å². The molecule has 0 aliphatic carbocycles. The number of para-hydroxylation sites is 1. The van der Waals surface area contributed by atoms with Crippen LogP contribution in [0, 0.1) is 12.7 Å². The number of halogens is 1. The average Bonchev–Trinajstić information content (AvgIpc) is 2.76. The minimum atomic E-state index is -0.380. The van der Waals surface area contributed by atoms with Gasteiger partial charge in [-0.25, -0.2) is 4.39 Å². The molecule has 2 fully saturated rings. The summed E-state index contributed by atoms with van der Waals surface area (Å²) in [5, 5.41) is 3.30. The molecule has 0 radical (unpaired) electrons. The van der Waals surface area contributed by atoms with Gasteiger partial charge in [0.1, 0.15) is 11.7 Å². The Bertz CT molecular complexity index is 960. The zero-order valence-corrected chi connectivity index (χ0v) is 17.3. The van der Waals surface area contributed by atoms with E-state index in [0.29, 0.717) is 31.5 Å². The Kier molecular flexibility index (Phi) is 6.18. The molecule has 0 bridgehead atoms. The van der Waals surface area contributed by atoms with Gasteiger partial charge in [-0.2, -0.15) is 0 Å². The molecule has 0 saturated carbocycles. The van der Waals surface area contributed by atoms with Crippen LogP contribution in [-0.4, -0.2) is 47.7 Å². The molecule has 1 aromatic carbocycles. The molecule has 4 rings (SSSR count). The van der Waals surface area contributed by atoms with Gasteiger partial charge in [0.05, 0.1) is 0 Å². The first kappa shape index (κ1) is 20.6. The van der Waals surface area contributed by atoms with E-state index in [1.165, 1.54) is 6.07 Å². The lowest BCUT2D eigenvalue weighted by atomic mass is 10.0. The number of carbonyl (C=O) groups is 1. The van der Waals surface area contributed by atoms with Crippen LogP contribution < -0.4 is 15.6 Å². The van der Waals surface area contributed by atoms with E-state index in [-0.39, 0.29) is 40.7 Å². The van der Waals surface area contributed by atoms with Gasteiger partial charge in [0, 0.05) is 38.2 Å². The molecule has 1 amide bonds. The van der Waals surface area contributed by atoms with Gasteiger partial charge in [-0.05, 0) is 56.6 Å². The lowest BCUT2D eigenvalue weighted by molar-refractivity contribution is 0.0585. The quantitative estimate of drug-likeness (QED) is 0.837. The molecule has 160 valence electrons. The van der Waals surface area contributed by atoms with Crippen LogP contribution in [-0.2, 0) is 0 Å². The molecule has 0 spiro atoms. The van der Waals surface area contributed by atoms with E-state index in [1.807, 2.05) is 19.2 Å². The number of nitrogens with zero attached hydrogens (tertiary/aromatic N) is 2. The molecular formula is C23H28FN3O3. The van der Waals surface area contributed by atoms with Crippen molar-refractivity contribution < 1.29 is 13.9 Å². The van der Waals surface area contributed by atoms with E-state index in [4.69, 9.17) is 4.74 Å². The highest BCUT2D eigenvalue weighted by atomic mass is 19.1. The highest BCUT2D eigenvalue weighted by Gasteiger charge is 2.29. The third kappa shape index (κ3) is 4.26. The number of aromatic nitrogens is 1. The fourth-order valence-electron chi connectivity index (χ4n) is 4.33. The van der Waals surface area contributed by atoms with Gasteiger partial charge in [0.25, 0.3) is 11.5 Å². The van der Waals surface area contributed by atoms with Crippen LogP contribution in [0.2, 0.25) is 0 Å². The maximum Gasteiger partial charge on any atom is 0.263 e. The van der Waals surface area contributed by atoms with Crippen molar-refractivity contribution in [3.63, 3.8) is 0 Å². The Morgan fingerprint density at radius 3 is 2.50 bits per heavy atom. The summed E-state index contributed by atoms with van der Waals surface area (Å²) in [5.41, 5.74) is 0.779. The molecular weight excluding hydrogens is 385 g/mol. The smallest absolute Gasteiger partial charge is 0.263 e. The van der Waals surface area contributed by atoms with Crippen molar-refractivity contribution in [1.82, 2.24) is 14.8 Å². The molecule has 6 nitrogen and oxygen atoms in total. The Balaban J connectivity index is 1.45. The molecule has 2 aliphatic heterocycles. The second-order valence-electron chi connectivity index (χ2n) is 8.11. The van der Waals surface area contributed by atoms with Gasteiger partial charge >= 0.3 is 0 Å². The number of hydrogen-bond acceptors (Lipinski definition) is 4. The number of amides is 1. The number of pyridine rings is 1. The number of carbonyl (C=O) groups excluding carboxylic acids is 1. The molecule has 7 heteroatoms. The number of ether oxygens (including phenoxy) is 1. The number of likely N-dealkylation sites (tertiary alicyclic amines) is 1. The molecule has 0 unspecified atom stereocenters. The molecule has 0 atom stereocenters. The normalized spacial score (nSPS) is 18.4. The summed E-state index contributed by atoms with van der Waals surface area (Å²) in [6.45, 7) is 4.54. The average molecular weight is 413 g/mol. The second kappa shape index (κ2) is 9.00. The molecule has 3 heterocycles. The zero-order chi connectivity index (χ0) is 21.1. The third-order valence-corrected chi connectivity index (χ3v) is 6.10. The second-order valence-corrected chi connectivity index (χ2v) is 8.11. The summed E-state index contributed by atoms with van der Waals surface area (Å²) < 4.78 is 21.3. The van der Waals surface area contributed by atoms with Gasteiger partial charge in [0.2, 0.25) is 0 Å². The van der Waals surface area contributed by atoms with Crippen LogP contribution in [0.3, 0.4) is 0 Å². The van der Waals surface area contributed by atoms with Crippen LogP contribution in [0.4, 0.5) is 4.39 Å². The zero-order valence-electron chi connectivity index (χ0n) is 17.3. The number of hydrogen-bond donors (Lipinski definition) is 1. The number of piperidine rings is 2. The summed E-state index contributed by atoms with van der Waals surface area (Å²) in [6.07, 6.45) is 4.65. The van der Waals surface area contributed by atoms with Crippen LogP contribution in [0.5, 0.6) is 5.75 Å². The van der Waals surface area contributed by atoms with E-state index < -0.39 is 0 Å². The van der Waals surface area contributed by atoms with Crippen molar-refractivity contribution in [2.45, 2.75) is 44.8 Å². The highest BCUT2D eigenvalue weighted by Crippen LogP contribution is 2.23. The highest BCUT2D eigenvalue weighted by molar-refractivity contribution is 5.95. The molecule has 2 saturated heterocycles. The largest absolute Gasteiger partial charge is 0.487 e. The van der Waals surface area contributed by atoms with E-state index in [2.05, 4.69) is 5.32 Å². The third-order valence-electron chi connectivity index (χ3n) is 6.10. The van der Waals surface area contributed by atoms with Gasteiger partial charge < -0.3 is 19.5 Å². The minimum absolute atomic E-state index is 0.130. The summed E-state index contributed by atoms with van der Waals surface area (Å²) in [5.74, 6) is -0.356. The fraction of sp³-hybridized carbons (Fsp3) is 0.478. The standard InChI is InChI=1S/C23H28FN3O3/c1-16-8-15-27(17-6-11-25-12-7-17)23(29)21(16)22(28)26-13-9-18(10-14-26)30-20-5-3-2-4-19(20)24/h2-5,8,15,17-18,25H,6-7,9-14H2,1H3. The van der Waals surface area contributed by atoms with Gasteiger partial charge in [-0.3, -0.25) is 9.59 Å². The SMILES string of the molecule is Cc1ccn(C2CCNCC2)c(=O)c1C(=O)N1CCC(Oc2ccccc2F)CC1. The fourth-order valence-corrected chi connectivity index (χ4v) is 4.33. The minimum Gasteiger partial charge on any atom is -0.487 e. The number of rotatable bonds is 4. The van der Waals surface area contributed by atoms with Gasteiger partial charge in [-0.1, -0.05) is 12.1 Å². The first-order chi connectivity index (χ1) is 14.5. The van der Waals surface area contributed by atoms with Crippen molar-refractivity contribution >= 4 is 5.91 Å². The molecule has 1 N–H and O–H groups in total. The van der Waals surface area contributed by atoms with E-state index in [9.17, 15) is 14.0 Å². The predicted molar refractivity (Wildman–Crippen MR) is 113 cm³/mol. The van der Waals surface area contributed by atoms with Crippen molar-refractivity contribution in [1.29, 1.82) is 0 Å². The topological polar surface area (TPSA) is 63.6 Å². The van der Waals surface area contributed by atoms with Gasteiger partial charge in [-0.15, -0.1) is 0 Å². The van der Waals surface area contributed by atoms with Crippen LogP contribution in [0.25, 0.3) is 0 Å². The monoisotopic (exact) mass is 413 g/mol. The maximum absolute atomic E-state index is 13.8. The van der Waals surface area contributed by atoms with Crippen molar-refractivity contribution in [3.05, 3.63) is 63.8 Å². The van der Waals surface area contributed by atoms with Crippen molar-refractivity contribution in [2.75, 3.05) is 26.2 Å². The van der Waals surface area contributed by atoms with E-state index in [1.54, 1.807) is 27.7 Å². The van der Waals surface area contributed by atoms with Crippen LogP contribution in [0.1, 0.15) is 47.6 Å². The number of aryl methyl sites for hydroxylation is 1. The van der Waals surface area contributed by atoms with E-state index >= 15 is 0 Å². The predicted octanol–water partition coefficient (Wildman–Crippen LogP) is 2.90. The molecule has 2 aromatic rings. The maximum atomic E-state index is 13.8. The van der Waals surface area contributed by atoms with Gasteiger partial charge in [0.15, 0.2) is 11.6 Å². The summed E-state index contributed by atoms with van der Waals surface area (Å²) in [6, 6.07) is 8.35. The lowest BCUT2D eigenvalue weighted by Gasteiger charge is -2.32. The molecule has 2 aliphatic rings. The number of nitrogens with one attached hydrogen (secondary N) is 1. The molecule has 30 heavy (non-hydrogen) atoms. The van der Waals surface area contributed by atoms with Crippen molar-refractivity contribution in [3.8, 4) is 5.75 Å². The Labute approximate surface area is 175 Å². The number of benzene rings is 1. The Hall–Kier alpha value is -2.67. The lowest BCUT2D eigenvalue weighted by Crippen LogP contribution is -2.45. The van der Waals surface area contributed by atoms with Crippen LogP contribution >= 0.6 is 0 Å². The Morgan fingerprint density at radius 2 is 1.80 bits per heavy atom. The van der Waals surface area contributed by atoms with Crippen molar-refractivity contribution in [2.24, 2.45) is 0 Å². The summed E-state index contributed by atoms with van der Waals surface area (Å²) in [4.78, 5) is 28.1.